The van der Waals surface area contributed by atoms with E-state index in [-0.39, 0.29) is 5.91 Å². The molecule has 0 atom stereocenters. The fraction of sp³-hybridized carbons (Fsp3) is 0.154. The predicted octanol–water partition coefficient (Wildman–Crippen LogP) is 4.86. The van der Waals surface area contributed by atoms with Gasteiger partial charge in [0.1, 0.15) is 11.4 Å². The molecule has 6 nitrogen and oxygen atoms in total. The average molecular weight is 428 g/mol. The Bertz CT molecular complexity index is 1230. The highest BCUT2D eigenvalue weighted by atomic mass is 16.5. The molecule has 0 spiro atoms. The smallest absolute Gasteiger partial charge is 0.282 e. The fourth-order valence-electron chi connectivity index (χ4n) is 3.63. The Morgan fingerprint density at radius 1 is 0.812 bits per heavy atom. The van der Waals surface area contributed by atoms with E-state index in [9.17, 15) is 4.79 Å². The van der Waals surface area contributed by atoms with Crippen LogP contribution in [0.2, 0.25) is 0 Å². The maximum Gasteiger partial charge on any atom is 0.282 e. The highest BCUT2D eigenvalue weighted by Gasteiger charge is 2.34. The molecule has 0 saturated carbocycles. The Balaban J connectivity index is 1.85. The molecule has 0 aliphatic carbocycles. The molecule has 0 radical (unpaired) electrons. The zero-order valence-electron chi connectivity index (χ0n) is 18.5. The molecule has 1 aliphatic heterocycles. The largest absolute Gasteiger partial charge is 0.496 e. The van der Waals surface area contributed by atoms with Crippen molar-refractivity contribution in [3.8, 4) is 17.2 Å². The second-order valence-corrected chi connectivity index (χ2v) is 7.26. The molecule has 1 amide bonds. The third-order valence-corrected chi connectivity index (χ3v) is 5.18. The van der Waals surface area contributed by atoms with Gasteiger partial charge in [-0.15, -0.1) is 0 Å². The molecule has 0 N–H and O–H groups in total. The molecule has 0 fully saturated rings. The number of aliphatic imine (C=N–C) groups is 1. The van der Waals surface area contributed by atoms with Gasteiger partial charge in [0.15, 0.2) is 17.3 Å². The van der Waals surface area contributed by atoms with E-state index >= 15 is 0 Å². The number of amides is 1. The Morgan fingerprint density at radius 3 is 2.28 bits per heavy atom. The number of hydrogen-bond donors (Lipinski definition) is 0. The summed E-state index contributed by atoms with van der Waals surface area (Å²) in [5, 5.41) is 0. The minimum Gasteiger partial charge on any atom is -0.496 e. The zero-order chi connectivity index (χ0) is 22.7. The summed E-state index contributed by atoms with van der Waals surface area (Å²) in [4.78, 5) is 19.9. The molecule has 3 aromatic carbocycles. The maximum atomic E-state index is 13.5. The van der Waals surface area contributed by atoms with E-state index in [1.807, 2.05) is 67.6 Å². The molecule has 3 aromatic rings. The predicted molar refractivity (Wildman–Crippen MR) is 126 cm³/mol. The van der Waals surface area contributed by atoms with E-state index < -0.39 is 0 Å². The van der Waals surface area contributed by atoms with Crippen LogP contribution in [0.25, 0.3) is 6.08 Å². The van der Waals surface area contributed by atoms with Crippen molar-refractivity contribution in [2.45, 2.75) is 6.92 Å². The molecule has 1 heterocycles. The Kier molecular flexibility index (Phi) is 5.94. The van der Waals surface area contributed by atoms with Crippen LogP contribution in [0.15, 0.2) is 77.4 Å². The van der Waals surface area contributed by atoms with Gasteiger partial charge >= 0.3 is 0 Å². The van der Waals surface area contributed by atoms with Gasteiger partial charge in [-0.25, -0.2) is 4.99 Å². The molecule has 0 aromatic heterocycles. The SMILES string of the molecule is COc1ccc(/C=C2/N=C(c3ccccc3OC)N(c3cccc(C)c3)C2=O)cc1OC. The average Bonchev–Trinajstić information content (AvgIpc) is 3.14. The van der Waals surface area contributed by atoms with Crippen LogP contribution >= 0.6 is 0 Å². The zero-order valence-corrected chi connectivity index (χ0v) is 18.5. The van der Waals surface area contributed by atoms with E-state index in [1.54, 1.807) is 38.4 Å². The minimum absolute atomic E-state index is 0.216. The number of para-hydroxylation sites is 1. The van der Waals surface area contributed by atoms with Gasteiger partial charge in [-0.05, 0) is 60.5 Å². The molecular formula is C26H24N2O4. The van der Waals surface area contributed by atoms with Crippen molar-refractivity contribution in [1.29, 1.82) is 0 Å². The summed E-state index contributed by atoms with van der Waals surface area (Å²) in [5.74, 6) is 2.14. The highest BCUT2D eigenvalue weighted by molar-refractivity contribution is 6.33. The van der Waals surface area contributed by atoms with E-state index in [0.29, 0.717) is 28.8 Å². The third-order valence-electron chi connectivity index (χ3n) is 5.18. The maximum absolute atomic E-state index is 13.5. The van der Waals surface area contributed by atoms with E-state index in [2.05, 4.69) is 0 Å². The Labute approximate surface area is 187 Å². The van der Waals surface area contributed by atoms with Gasteiger partial charge < -0.3 is 14.2 Å². The van der Waals surface area contributed by atoms with Gasteiger partial charge in [-0.3, -0.25) is 9.69 Å². The van der Waals surface area contributed by atoms with Gasteiger partial charge in [-0.2, -0.15) is 0 Å². The standard InChI is InChI=1S/C26H24N2O4/c1-17-8-7-9-19(14-17)28-25(20-10-5-6-11-22(20)30-2)27-21(26(28)29)15-18-12-13-23(31-3)24(16-18)32-4/h5-16H,1-4H3/b21-15+. The first-order chi connectivity index (χ1) is 15.5. The highest BCUT2D eigenvalue weighted by Crippen LogP contribution is 2.33. The molecule has 0 bridgehead atoms. The number of methoxy groups -OCH3 is 3. The molecule has 162 valence electrons. The van der Waals surface area contributed by atoms with Crippen LogP contribution in [-0.4, -0.2) is 33.1 Å². The van der Waals surface area contributed by atoms with Crippen molar-refractivity contribution in [1.82, 2.24) is 0 Å². The molecular weight excluding hydrogens is 404 g/mol. The number of anilines is 1. The summed E-state index contributed by atoms with van der Waals surface area (Å²) in [6.45, 7) is 1.99. The van der Waals surface area contributed by atoms with Gasteiger partial charge in [0.05, 0.1) is 32.6 Å². The molecule has 6 heteroatoms. The topological polar surface area (TPSA) is 60.4 Å². The Hall–Kier alpha value is -4.06. The van der Waals surface area contributed by atoms with Crippen molar-refractivity contribution < 1.29 is 19.0 Å². The molecule has 0 unspecified atom stereocenters. The molecule has 4 rings (SSSR count). The molecule has 0 saturated heterocycles. The van der Waals surface area contributed by atoms with Crippen LogP contribution < -0.4 is 19.1 Å². The van der Waals surface area contributed by atoms with Gasteiger partial charge in [-0.1, -0.05) is 30.3 Å². The number of ether oxygens (including phenoxy) is 3. The number of hydrogen-bond acceptors (Lipinski definition) is 5. The van der Waals surface area contributed by atoms with Crippen molar-refractivity contribution in [2.75, 3.05) is 26.2 Å². The number of carbonyl (C=O) groups is 1. The third kappa shape index (κ3) is 3.95. The number of rotatable bonds is 6. The van der Waals surface area contributed by atoms with Crippen molar-refractivity contribution in [3.63, 3.8) is 0 Å². The first-order valence-electron chi connectivity index (χ1n) is 10.1. The second kappa shape index (κ2) is 8.98. The number of benzene rings is 3. The summed E-state index contributed by atoms with van der Waals surface area (Å²) in [7, 11) is 4.76. The van der Waals surface area contributed by atoms with Crippen molar-refractivity contribution >= 4 is 23.5 Å². The number of nitrogens with zero attached hydrogens (tertiary/aromatic N) is 2. The van der Waals surface area contributed by atoms with Gasteiger partial charge in [0.25, 0.3) is 5.91 Å². The molecule has 1 aliphatic rings. The summed E-state index contributed by atoms with van der Waals surface area (Å²) < 4.78 is 16.2. The first-order valence-corrected chi connectivity index (χ1v) is 10.1. The molecule has 32 heavy (non-hydrogen) atoms. The summed E-state index contributed by atoms with van der Waals surface area (Å²) in [6.07, 6.45) is 1.75. The lowest BCUT2D eigenvalue weighted by molar-refractivity contribution is -0.113. The second-order valence-electron chi connectivity index (χ2n) is 7.26. The van der Waals surface area contributed by atoms with E-state index in [1.165, 1.54) is 0 Å². The van der Waals surface area contributed by atoms with Gasteiger partial charge in [0.2, 0.25) is 0 Å². The van der Waals surface area contributed by atoms with Crippen LogP contribution in [0.3, 0.4) is 0 Å². The van der Waals surface area contributed by atoms with E-state index in [4.69, 9.17) is 19.2 Å². The Morgan fingerprint density at radius 2 is 1.56 bits per heavy atom. The van der Waals surface area contributed by atoms with Crippen LogP contribution in [0.1, 0.15) is 16.7 Å². The number of amidine groups is 1. The number of aryl methyl sites for hydroxylation is 1. The first kappa shape index (κ1) is 21.2. The quantitative estimate of drug-likeness (QED) is 0.527. The van der Waals surface area contributed by atoms with Crippen LogP contribution in [0, 0.1) is 6.92 Å². The number of carbonyl (C=O) groups excluding carboxylic acids is 1. The van der Waals surface area contributed by atoms with Crippen molar-refractivity contribution in [3.05, 3.63) is 89.1 Å². The van der Waals surface area contributed by atoms with Crippen LogP contribution in [-0.2, 0) is 4.79 Å². The normalized spacial score (nSPS) is 14.5. The lowest BCUT2D eigenvalue weighted by atomic mass is 10.1. The summed E-state index contributed by atoms with van der Waals surface area (Å²) >= 11 is 0. The van der Waals surface area contributed by atoms with Crippen molar-refractivity contribution in [2.24, 2.45) is 4.99 Å². The lowest BCUT2D eigenvalue weighted by Gasteiger charge is -2.20. The minimum atomic E-state index is -0.216. The monoisotopic (exact) mass is 428 g/mol. The summed E-state index contributed by atoms with van der Waals surface area (Å²) in [5.41, 5.74) is 3.63. The fourth-order valence-corrected chi connectivity index (χ4v) is 3.63. The lowest BCUT2D eigenvalue weighted by Crippen LogP contribution is -2.32. The van der Waals surface area contributed by atoms with Gasteiger partial charge in [0, 0.05) is 0 Å². The summed E-state index contributed by atoms with van der Waals surface area (Å²) in [6, 6.07) is 20.8. The van der Waals surface area contributed by atoms with Crippen LogP contribution in [0.5, 0.6) is 17.2 Å². The van der Waals surface area contributed by atoms with Crippen LogP contribution in [0.4, 0.5) is 5.69 Å². The van der Waals surface area contributed by atoms with E-state index in [0.717, 1.165) is 22.4 Å².